The number of nitrogens with zero attached hydrogens (tertiary/aromatic N) is 1. The molecule has 1 heterocycles. The zero-order chi connectivity index (χ0) is 12.6. The summed E-state index contributed by atoms with van der Waals surface area (Å²) in [5, 5.41) is 0. The van der Waals surface area contributed by atoms with Crippen LogP contribution in [0, 0.1) is 5.82 Å². The van der Waals surface area contributed by atoms with Crippen molar-refractivity contribution in [2.75, 3.05) is 16.5 Å². The Morgan fingerprint density at radius 1 is 1.29 bits per heavy atom. The molecule has 1 amide bonds. The SMILES string of the molecule is O=C1CSCN1c1cccc(C(F)(F)F)c1F. The largest absolute Gasteiger partial charge is 0.419 e. The highest BCUT2D eigenvalue weighted by Crippen LogP contribution is 2.36. The molecule has 0 aromatic heterocycles. The van der Waals surface area contributed by atoms with Gasteiger partial charge in [0.25, 0.3) is 0 Å². The number of carbonyl (C=O) groups is 1. The summed E-state index contributed by atoms with van der Waals surface area (Å²) in [6, 6.07) is 2.93. The number of benzene rings is 1. The molecule has 1 aliphatic rings. The van der Waals surface area contributed by atoms with Crippen LogP contribution in [0.5, 0.6) is 0 Å². The van der Waals surface area contributed by atoms with Crippen molar-refractivity contribution in [3.05, 3.63) is 29.6 Å². The van der Waals surface area contributed by atoms with E-state index in [2.05, 4.69) is 0 Å². The van der Waals surface area contributed by atoms with Crippen molar-refractivity contribution in [2.24, 2.45) is 0 Å². The minimum absolute atomic E-state index is 0.162. The van der Waals surface area contributed by atoms with Crippen molar-refractivity contribution in [3.8, 4) is 0 Å². The van der Waals surface area contributed by atoms with Crippen LogP contribution in [0.3, 0.4) is 0 Å². The molecule has 0 aliphatic carbocycles. The van der Waals surface area contributed by atoms with Crippen LogP contribution in [-0.2, 0) is 11.0 Å². The van der Waals surface area contributed by atoms with E-state index in [0.717, 1.165) is 11.0 Å². The molecule has 17 heavy (non-hydrogen) atoms. The molecule has 0 spiro atoms. The normalized spacial score (nSPS) is 16.7. The van der Waals surface area contributed by atoms with Crippen LogP contribution >= 0.6 is 11.8 Å². The monoisotopic (exact) mass is 265 g/mol. The van der Waals surface area contributed by atoms with Gasteiger partial charge in [0.05, 0.1) is 22.9 Å². The molecule has 7 heteroatoms. The second-order valence-corrected chi connectivity index (χ2v) is 4.39. The Balaban J connectivity index is 2.46. The van der Waals surface area contributed by atoms with E-state index >= 15 is 0 Å². The van der Waals surface area contributed by atoms with E-state index in [9.17, 15) is 22.4 Å². The number of halogens is 4. The summed E-state index contributed by atoms with van der Waals surface area (Å²) in [6.45, 7) is 0. The molecule has 1 aromatic rings. The van der Waals surface area contributed by atoms with Gasteiger partial charge in [-0.05, 0) is 12.1 Å². The van der Waals surface area contributed by atoms with Gasteiger partial charge < -0.3 is 0 Å². The van der Waals surface area contributed by atoms with Crippen molar-refractivity contribution in [1.82, 2.24) is 0 Å². The Kier molecular flexibility index (Phi) is 3.03. The number of rotatable bonds is 1. The Labute approximate surface area is 98.6 Å². The average Bonchev–Trinajstić information content (AvgIpc) is 2.63. The topological polar surface area (TPSA) is 20.3 Å². The molecule has 2 rings (SSSR count). The Hall–Kier alpha value is -1.24. The Morgan fingerprint density at radius 2 is 2.00 bits per heavy atom. The summed E-state index contributed by atoms with van der Waals surface area (Å²) in [7, 11) is 0. The lowest BCUT2D eigenvalue weighted by molar-refractivity contribution is -0.140. The molecular formula is C10H7F4NOS. The fourth-order valence-corrected chi connectivity index (χ4v) is 2.41. The molecule has 1 saturated heterocycles. The first-order chi connectivity index (χ1) is 7.91. The molecule has 0 radical (unpaired) electrons. The number of alkyl halides is 3. The first kappa shape index (κ1) is 12.2. The number of carbonyl (C=O) groups excluding carboxylic acids is 1. The zero-order valence-corrected chi connectivity index (χ0v) is 9.24. The molecule has 0 bridgehead atoms. The van der Waals surface area contributed by atoms with Crippen LogP contribution in [0.15, 0.2) is 18.2 Å². The summed E-state index contributed by atoms with van der Waals surface area (Å²) in [4.78, 5) is 12.4. The van der Waals surface area contributed by atoms with Gasteiger partial charge in [-0.3, -0.25) is 9.69 Å². The predicted octanol–water partition coefficient (Wildman–Crippen LogP) is 2.88. The van der Waals surface area contributed by atoms with E-state index in [1.165, 1.54) is 17.8 Å². The van der Waals surface area contributed by atoms with Crippen molar-refractivity contribution >= 4 is 23.4 Å². The van der Waals surface area contributed by atoms with Crippen LogP contribution in [0.1, 0.15) is 5.56 Å². The lowest BCUT2D eigenvalue weighted by Gasteiger charge is -2.18. The van der Waals surface area contributed by atoms with Crippen molar-refractivity contribution in [1.29, 1.82) is 0 Å². The Bertz CT molecular complexity index is 460. The molecule has 0 atom stereocenters. The van der Waals surface area contributed by atoms with E-state index in [1.807, 2.05) is 0 Å². The van der Waals surface area contributed by atoms with Crippen LogP contribution in [-0.4, -0.2) is 17.5 Å². The van der Waals surface area contributed by atoms with Crippen LogP contribution < -0.4 is 4.90 Å². The van der Waals surface area contributed by atoms with Gasteiger partial charge >= 0.3 is 6.18 Å². The molecular weight excluding hydrogens is 258 g/mol. The quantitative estimate of drug-likeness (QED) is 0.728. The number of hydrogen-bond donors (Lipinski definition) is 0. The van der Waals surface area contributed by atoms with Crippen LogP contribution in [0.4, 0.5) is 23.2 Å². The molecule has 1 aliphatic heterocycles. The fraction of sp³-hybridized carbons (Fsp3) is 0.300. The number of hydrogen-bond acceptors (Lipinski definition) is 2. The smallest absolute Gasteiger partial charge is 0.299 e. The number of anilines is 1. The van der Waals surface area contributed by atoms with Gasteiger partial charge in [0.2, 0.25) is 5.91 Å². The van der Waals surface area contributed by atoms with Crippen LogP contribution in [0.2, 0.25) is 0 Å². The lowest BCUT2D eigenvalue weighted by atomic mass is 10.1. The molecule has 1 fully saturated rings. The summed E-state index contributed by atoms with van der Waals surface area (Å²) >= 11 is 1.24. The number of amides is 1. The van der Waals surface area contributed by atoms with Crippen molar-refractivity contribution in [2.45, 2.75) is 6.18 Å². The zero-order valence-electron chi connectivity index (χ0n) is 8.42. The van der Waals surface area contributed by atoms with Gasteiger partial charge in [-0.25, -0.2) is 4.39 Å². The third-order valence-corrected chi connectivity index (χ3v) is 3.21. The molecule has 0 unspecified atom stereocenters. The third-order valence-electron chi connectivity index (χ3n) is 2.32. The summed E-state index contributed by atoms with van der Waals surface area (Å²) in [5.74, 6) is -1.43. The van der Waals surface area contributed by atoms with Gasteiger partial charge in [0.1, 0.15) is 0 Å². The van der Waals surface area contributed by atoms with Gasteiger partial charge in [0, 0.05) is 0 Å². The van der Waals surface area contributed by atoms with Gasteiger partial charge in [0.15, 0.2) is 5.82 Å². The highest BCUT2D eigenvalue weighted by atomic mass is 32.2. The highest BCUT2D eigenvalue weighted by molar-refractivity contribution is 8.00. The van der Waals surface area contributed by atoms with E-state index in [4.69, 9.17) is 0 Å². The second kappa shape index (κ2) is 4.21. The van der Waals surface area contributed by atoms with E-state index in [1.54, 1.807) is 0 Å². The first-order valence-electron chi connectivity index (χ1n) is 4.65. The maximum absolute atomic E-state index is 13.7. The molecule has 1 aromatic carbocycles. The number of thioether (sulfide) groups is 1. The van der Waals surface area contributed by atoms with Crippen LogP contribution in [0.25, 0.3) is 0 Å². The maximum atomic E-state index is 13.7. The maximum Gasteiger partial charge on any atom is 0.419 e. The van der Waals surface area contributed by atoms with Crippen molar-refractivity contribution in [3.63, 3.8) is 0 Å². The Morgan fingerprint density at radius 3 is 2.53 bits per heavy atom. The summed E-state index contributed by atoms with van der Waals surface area (Å²) in [5.41, 5.74) is -1.66. The van der Waals surface area contributed by atoms with E-state index in [0.29, 0.717) is 6.07 Å². The average molecular weight is 265 g/mol. The predicted molar refractivity (Wildman–Crippen MR) is 56.2 cm³/mol. The molecule has 0 saturated carbocycles. The standard InChI is InChI=1S/C10H7F4NOS/c11-9-6(10(12,13)14)2-1-3-7(9)15-5-17-4-8(15)16/h1-3H,4-5H2. The second-order valence-electron chi connectivity index (χ2n) is 3.44. The lowest BCUT2D eigenvalue weighted by Crippen LogP contribution is -2.26. The van der Waals surface area contributed by atoms with Gasteiger partial charge in [-0.1, -0.05) is 6.07 Å². The van der Waals surface area contributed by atoms with Gasteiger partial charge in [-0.15, -0.1) is 11.8 Å². The molecule has 0 N–H and O–H groups in total. The molecule has 92 valence electrons. The van der Waals surface area contributed by atoms with E-state index < -0.39 is 17.6 Å². The molecule has 2 nitrogen and oxygen atoms in total. The summed E-state index contributed by atoms with van der Waals surface area (Å²) in [6.07, 6.45) is -4.75. The minimum Gasteiger partial charge on any atom is -0.299 e. The first-order valence-corrected chi connectivity index (χ1v) is 5.80. The summed E-state index contributed by atoms with van der Waals surface area (Å²) < 4.78 is 51.1. The third kappa shape index (κ3) is 2.24. The minimum atomic E-state index is -4.75. The highest BCUT2D eigenvalue weighted by Gasteiger charge is 2.36. The van der Waals surface area contributed by atoms with Crippen molar-refractivity contribution < 1.29 is 22.4 Å². The fourth-order valence-electron chi connectivity index (χ4n) is 1.53. The van der Waals surface area contributed by atoms with E-state index in [-0.39, 0.29) is 23.2 Å². The van der Waals surface area contributed by atoms with Gasteiger partial charge in [-0.2, -0.15) is 13.2 Å².